The Hall–Kier alpha value is -3.02. The minimum Gasteiger partial charge on any atom is -0.497 e. The number of nitriles is 2. The smallest absolute Gasteiger partial charge is 0.119 e. The van der Waals surface area contributed by atoms with E-state index in [0.29, 0.717) is 23.4 Å². The molecule has 3 rings (SSSR count). The van der Waals surface area contributed by atoms with Gasteiger partial charge in [0.15, 0.2) is 0 Å². The lowest BCUT2D eigenvalue weighted by Crippen LogP contribution is -2.31. The maximum absolute atomic E-state index is 9.37. The van der Waals surface area contributed by atoms with Crippen molar-refractivity contribution in [1.29, 1.82) is 10.5 Å². The van der Waals surface area contributed by atoms with Gasteiger partial charge < -0.3 is 10.1 Å². The van der Waals surface area contributed by atoms with E-state index in [1.807, 2.05) is 12.1 Å². The van der Waals surface area contributed by atoms with E-state index in [2.05, 4.69) is 34.5 Å². The molecule has 1 fully saturated rings. The van der Waals surface area contributed by atoms with Crippen molar-refractivity contribution in [2.45, 2.75) is 18.9 Å². The summed E-state index contributed by atoms with van der Waals surface area (Å²) in [6, 6.07) is 17.8. The van der Waals surface area contributed by atoms with Crippen molar-refractivity contribution in [3.63, 3.8) is 0 Å². The summed E-state index contributed by atoms with van der Waals surface area (Å²) in [5, 5.41) is 22.1. The molecule has 5 heteroatoms. The molecule has 0 amide bonds. The Bertz CT molecular complexity index is 812. The van der Waals surface area contributed by atoms with Gasteiger partial charge >= 0.3 is 0 Å². The monoisotopic (exact) mass is 346 g/mol. The number of nitrogens with one attached hydrogen (secondary N) is 1. The molecule has 0 radical (unpaired) electrons. The van der Waals surface area contributed by atoms with E-state index in [0.717, 1.165) is 18.8 Å². The molecule has 2 aromatic carbocycles. The minimum absolute atomic E-state index is 0.158. The second kappa shape index (κ2) is 8.38. The lowest BCUT2D eigenvalue weighted by molar-refractivity contribution is 0.255. The van der Waals surface area contributed by atoms with Crippen LogP contribution in [0.4, 0.5) is 5.69 Å². The van der Waals surface area contributed by atoms with Gasteiger partial charge in [-0.3, -0.25) is 4.90 Å². The van der Waals surface area contributed by atoms with Crippen LogP contribution in [0.15, 0.2) is 42.5 Å². The number of anilines is 1. The number of ether oxygens (including phenoxy) is 1. The molecule has 0 saturated carbocycles. The van der Waals surface area contributed by atoms with Crippen molar-refractivity contribution in [3.8, 4) is 17.9 Å². The Balaban J connectivity index is 1.88. The SMILES string of the molecule is COc1cccc(C(CNc2c(C#N)cccc2C#N)N2CCCC2)c1. The zero-order chi connectivity index (χ0) is 18.4. The summed E-state index contributed by atoms with van der Waals surface area (Å²) in [7, 11) is 1.67. The number of hydrogen-bond donors (Lipinski definition) is 1. The Kier molecular flexibility index (Phi) is 5.73. The summed E-state index contributed by atoms with van der Waals surface area (Å²) < 4.78 is 5.38. The molecule has 1 atom stereocenters. The van der Waals surface area contributed by atoms with E-state index in [1.165, 1.54) is 18.4 Å². The molecule has 1 aliphatic heterocycles. The van der Waals surface area contributed by atoms with Crippen molar-refractivity contribution < 1.29 is 4.74 Å². The van der Waals surface area contributed by atoms with Crippen LogP contribution in [-0.2, 0) is 0 Å². The Labute approximate surface area is 154 Å². The molecule has 0 aliphatic carbocycles. The van der Waals surface area contributed by atoms with Gasteiger partial charge in [0, 0.05) is 6.54 Å². The number of nitrogens with zero attached hydrogens (tertiary/aromatic N) is 3. The molecule has 0 aromatic heterocycles. The van der Waals surface area contributed by atoms with Crippen molar-refractivity contribution in [2.24, 2.45) is 0 Å². The summed E-state index contributed by atoms with van der Waals surface area (Å²) in [5.74, 6) is 0.835. The number of likely N-dealkylation sites (tertiary alicyclic amines) is 1. The van der Waals surface area contributed by atoms with Crippen LogP contribution in [0.2, 0.25) is 0 Å². The highest BCUT2D eigenvalue weighted by atomic mass is 16.5. The fourth-order valence-electron chi connectivity index (χ4n) is 3.49. The highest BCUT2D eigenvalue weighted by Gasteiger charge is 2.24. The lowest BCUT2D eigenvalue weighted by atomic mass is 10.0. The molecule has 5 nitrogen and oxygen atoms in total. The first kappa shape index (κ1) is 17.8. The van der Waals surface area contributed by atoms with Gasteiger partial charge in [-0.2, -0.15) is 10.5 Å². The Morgan fingerprint density at radius 1 is 1.08 bits per heavy atom. The number of benzene rings is 2. The van der Waals surface area contributed by atoms with E-state index in [1.54, 1.807) is 25.3 Å². The maximum atomic E-state index is 9.37. The van der Waals surface area contributed by atoms with E-state index < -0.39 is 0 Å². The largest absolute Gasteiger partial charge is 0.497 e. The van der Waals surface area contributed by atoms with Crippen LogP contribution < -0.4 is 10.1 Å². The number of methoxy groups -OCH3 is 1. The van der Waals surface area contributed by atoms with E-state index >= 15 is 0 Å². The maximum Gasteiger partial charge on any atom is 0.119 e. The van der Waals surface area contributed by atoms with Gasteiger partial charge in [0.05, 0.1) is 30.0 Å². The average Bonchev–Trinajstić information content (AvgIpc) is 3.22. The highest BCUT2D eigenvalue weighted by Crippen LogP contribution is 2.29. The second-order valence-electron chi connectivity index (χ2n) is 6.37. The topological polar surface area (TPSA) is 72.1 Å². The quantitative estimate of drug-likeness (QED) is 0.864. The first-order valence-corrected chi connectivity index (χ1v) is 8.82. The normalized spacial score (nSPS) is 15.0. The Morgan fingerprint density at radius 3 is 2.35 bits per heavy atom. The van der Waals surface area contributed by atoms with Gasteiger partial charge in [-0.1, -0.05) is 18.2 Å². The third-order valence-corrected chi connectivity index (χ3v) is 4.84. The molecule has 2 aromatic rings. The molecule has 1 heterocycles. The van der Waals surface area contributed by atoms with E-state index in [4.69, 9.17) is 4.74 Å². The zero-order valence-corrected chi connectivity index (χ0v) is 14.9. The zero-order valence-electron chi connectivity index (χ0n) is 14.9. The molecule has 1 unspecified atom stereocenters. The minimum atomic E-state index is 0.158. The van der Waals surface area contributed by atoms with Crippen molar-refractivity contribution in [1.82, 2.24) is 4.90 Å². The molecule has 26 heavy (non-hydrogen) atoms. The highest BCUT2D eigenvalue weighted by molar-refractivity contribution is 5.66. The van der Waals surface area contributed by atoms with Gasteiger partial charge in [-0.25, -0.2) is 0 Å². The predicted molar refractivity (Wildman–Crippen MR) is 101 cm³/mol. The van der Waals surface area contributed by atoms with Crippen LogP contribution in [0.3, 0.4) is 0 Å². The molecular formula is C21H22N4O. The van der Waals surface area contributed by atoms with Crippen LogP contribution in [0, 0.1) is 22.7 Å². The summed E-state index contributed by atoms with van der Waals surface area (Å²) in [4.78, 5) is 2.45. The fourth-order valence-corrected chi connectivity index (χ4v) is 3.49. The van der Waals surface area contributed by atoms with E-state index in [9.17, 15) is 10.5 Å². The van der Waals surface area contributed by atoms with E-state index in [-0.39, 0.29) is 6.04 Å². The van der Waals surface area contributed by atoms with Gasteiger partial charge in [0.2, 0.25) is 0 Å². The molecule has 0 spiro atoms. The van der Waals surface area contributed by atoms with Crippen LogP contribution in [0.25, 0.3) is 0 Å². The summed E-state index contributed by atoms with van der Waals surface area (Å²) >= 11 is 0. The van der Waals surface area contributed by atoms with Crippen molar-refractivity contribution in [3.05, 3.63) is 59.2 Å². The second-order valence-corrected chi connectivity index (χ2v) is 6.37. The molecule has 132 valence electrons. The molecule has 0 bridgehead atoms. The third-order valence-electron chi connectivity index (χ3n) is 4.84. The fraction of sp³-hybridized carbons (Fsp3) is 0.333. The lowest BCUT2D eigenvalue weighted by Gasteiger charge is -2.29. The number of rotatable bonds is 6. The molecule has 1 saturated heterocycles. The number of para-hydroxylation sites is 1. The summed E-state index contributed by atoms with van der Waals surface area (Å²) in [6.07, 6.45) is 2.39. The summed E-state index contributed by atoms with van der Waals surface area (Å²) in [6.45, 7) is 2.73. The first-order valence-electron chi connectivity index (χ1n) is 8.82. The Morgan fingerprint density at radius 2 is 1.73 bits per heavy atom. The van der Waals surface area contributed by atoms with Crippen LogP contribution in [0.5, 0.6) is 5.75 Å². The summed E-state index contributed by atoms with van der Waals surface area (Å²) in [5.41, 5.74) is 2.78. The van der Waals surface area contributed by atoms with Crippen LogP contribution >= 0.6 is 0 Å². The number of hydrogen-bond acceptors (Lipinski definition) is 5. The average molecular weight is 346 g/mol. The van der Waals surface area contributed by atoms with Crippen molar-refractivity contribution in [2.75, 3.05) is 32.1 Å². The molecule has 1 N–H and O–H groups in total. The molecule has 1 aliphatic rings. The third kappa shape index (κ3) is 3.79. The van der Waals surface area contributed by atoms with Crippen LogP contribution in [-0.4, -0.2) is 31.6 Å². The van der Waals surface area contributed by atoms with Crippen LogP contribution in [0.1, 0.15) is 35.6 Å². The van der Waals surface area contributed by atoms with Gasteiger partial charge in [0.25, 0.3) is 0 Å². The predicted octanol–water partition coefficient (Wildman–Crippen LogP) is 3.69. The van der Waals surface area contributed by atoms with Crippen molar-refractivity contribution >= 4 is 5.69 Å². The first-order chi connectivity index (χ1) is 12.8. The van der Waals surface area contributed by atoms with Gasteiger partial charge in [0.1, 0.15) is 17.9 Å². The molecular weight excluding hydrogens is 324 g/mol. The van der Waals surface area contributed by atoms with Gasteiger partial charge in [-0.15, -0.1) is 0 Å². The van der Waals surface area contributed by atoms with Gasteiger partial charge in [-0.05, 0) is 55.8 Å². The standard InChI is InChI=1S/C21H22N4O/c1-26-19-9-5-6-16(12-19)20(25-10-2-3-11-25)15-24-21-17(13-22)7-4-8-18(21)14-23/h4-9,12,20,24H,2-3,10-11,15H2,1H3.